The fourth-order valence-corrected chi connectivity index (χ4v) is 3.23. The van der Waals surface area contributed by atoms with Gasteiger partial charge in [-0.25, -0.2) is 0 Å². The Hall–Kier alpha value is -3.48. The third-order valence-electron chi connectivity index (χ3n) is 4.67. The predicted molar refractivity (Wildman–Crippen MR) is 113 cm³/mol. The molecule has 0 aliphatic rings. The van der Waals surface area contributed by atoms with E-state index in [1.807, 2.05) is 13.8 Å². The molecule has 0 atom stereocenters. The van der Waals surface area contributed by atoms with Crippen molar-refractivity contribution in [1.29, 1.82) is 0 Å². The molecule has 0 unspecified atom stereocenters. The molecule has 3 aromatic rings. The Balaban J connectivity index is 2.10. The molecule has 1 aromatic heterocycles. The second kappa shape index (κ2) is 8.26. The number of hydrogen-bond donors (Lipinski definition) is 1. The van der Waals surface area contributed by atoms with Crippen LogP contribution in [0.5, 0.6) is 17.2 Å². The van der Waals surface area contributed by atoms with Crippen molar-refractivity contribution >= 4 is 22.4 Å². The van der Waals surface area contributed by atoms with E-state index >= 15 is 0 Å². The summed E-state index contributed by atoms with van der Waals surface area (Å²) in [6.45, 7) is 3.80. The van der Waals surface area contributed by atoms with Crippen molar-refractivity contribution in [3.05, 3.63) is 58.5 Å². The molecule has 0 aliphatic heterocycles. The Morgan fingerprint density at radius 3 is 2.07 bits per heavy atom. The molecule has 0 saturated carbocycles. The van der Waals surface area contributed by atoms with Crippen LogP contribution >= 0.6 is 0 Å². The topological polar surface area (TPSA) is 78.8 Å². The van der Waals surface area contributed by atoms with Gasteiger partial charge in [0.1, 0.15) is 0 Å². The molecule has 3 rings (SSSR count). The third kappa shape index (κ3) is 3.76. The molecule has 0 bridgehead atoms. The molecule has 7 nitrogen and oxygen atoms in total. The Morgan fingerprint density at radius 2 is 1.55 bits per heavy atom. The van der Waals surface area contributed by atoms with E-state index in [-0.39, 0.29) is 17.5 Å². The maximum absolute atomic E-state index is 13.1. The van der Waals surface area contributed by atoms with Gasteiger partial charge in [0.05, 0.1) is 26.9 Å². The fraction of sp³-hybridized carbons (Fsp3) is 0.273. The Morgan fingerprint density at radius 1 is 0.966 bits per heavy atom. The largest absolute Gasteiger partial charge is 0.493 e. The van der Waals surface area contributed by atoms with Gasteiger partial charge in [0.25, 0.3) is 11.5 Å². The minimum absolute atomic E-state index is 0.0835. The number of rotatable bonds is 6. The molecule has 0 saturated heterocycles. The summed E-state index contributed by atoms with van der Waals surface area (Å²) in [5.41, 5.74) is 0.762. The molecule has 1 amide bonds. The first-order valence-corrected chi connectivity index (χ1v) is 9.16. The van der Waals surface area contributed by atoms with Gasteiger partial charge in [-0.2, -0.15) is 0 Å². The minimum Gasteiger partial charge on any atom is -0.493 e. The predicted octanol–water partition coefficient (Wildman–Crippen LogP) is 3.86. The van der Waals surface area contributed by atoms with Gasteiger partial charge in [0.2, 0.25) is 5.75 Å². The number of benzene rings is 2. The fourth-order valence-electron chi connectivity index (χ4n) is 3.23. The van der Waals surface area contributed by atoms with Gasteiger partial charge in [0, 0.05) is 40.8 Å². The molecule has 152 valence electrons. The molecule has 1 N–H and O–H groups in total. The number of aromatic nitrogens is 1. The number of nitrogens with one attached hydrogen (secondary N) is 1. The van der Waals surface area contributed by atoms with E-state index in [4.69, 9.17) is 14.2 Å². The van der Waals surface area contributed by atoms with Crippen molar-refractivity contribution < 1.29 is 19.0 Å². The summed E-state index contributed by atoms with van der Waals surface area (Å²) >= 11 is 0. The SMILES string of the molecule is COc1cc(NC(=O)c2cn(C(C)C)c(=O)c3ccccc23)cc(OC)c1OC. The Kier molecular flexibility index (Phi) is 5.77. The summed E-state index contributed by atoms with van der Waals surface area (Å²) in [5.74, 6) is 0.954. The van der Waals surface area contributed by atoms with Crippen LogP contribution in [0.15, 0.2) is 47.4 Å². The number of pyridine rings is 1. The first-order valence-electron chi connectivity index (χ1n) is 9.16. The van der Waals surface area contributed by atoms with E-state index in [1.54, 1.807) is 47.2 Å². The second-order valence-electron chi connectivity index (χ2n) is 6.76. The number of fused-ring (bicyclic) bond motifs is 1. The summed E-state index contributed by atoms with van der Waals surface area (Å²) in [7, 11) is 4.53. The van der Waals surface area contributed by atoms with Crippen LogP contribution in [0.25, 0.3) is 10.8 Å². The van der Waals surface area contributed by atoms with Crippen molar-refractivity contribution in [3.63, 3.8) is 0 Å². The highest BCUT2D eigenvalue weighted by Gasteiger charge is 2.18. The quantitative estimate of drug-likeness (QED) is 0.684. The van der Waals surface area contributed by atoms with Crippen molar-refractivity contribution in [2.24, 2.45) is 0 Å². The van der Waals surface area contributed by atoms with E-state index in [1.165, 1.54) is 21.3 Å². The van der Waals surface area contributed by atoms with Gasteiger partial charge in [-0.05, 0) is 19.9 Å². The van der Waals surface area contributed by atoms with Gasteiger partial charge in [-0.1, -0.05) is 18.2 Å². The van der Waals surface area contributed by atoms with Crippen molar-refractivity contribution in [1.82, 2.24) is 4.57 Å². The van der Waals surface area contributed by atoms with Gasteiger partial charge in [0.15, 0.2) is 11.5 Å². The number of carbonyl (C=O) groups excluding carboxylic acids is 1. The second-order valence-corrected chi connectivity index (χ2v) is 6.76. The summed E-state index contributed by atoms with van der Waals surface area (Å²) in [6, 6.07) is 10.3. The summed E-state index contributed by atoms with van der Waals surface area (Å²) < 4.78 is 17.6. The van der Waals surface area contributed by atoms with Crippen LogP contribution in [0.4, 0.5) is 5.69 Å². The molecule has 2 aromatic carbocycles. The normalized spacial score (nSPS) is 10.8. The van der Waals surface area contributed by atoms with Crippen molar-refractivity contribution in [2.45, 2.75) is 19.9 Å². The van der Waals surface area contributed by atoms with Crippen LogP contribution in [0.1, 0.15) is 30.2 Å². The monoisotopic (exact) mass is 396 g/mol. The first-order chi connectivity index (χ1) is 13.9. The maximum Gasteiger partial charge on any atom is 0.258 e. The molecule has 29 heavy (non-hydrogen) atoms. The van der Waals surface area contributed by atoms with Crippen LogP contribution in [-0.4, -0.2) is 31.8 Å². The van der Waals surface area contributed by atoms with Crippen LogP contribution in [0.2, 0.25) is 0 Å². The zero-order valence-electron chi connectivity index (χ0n) is 17.1. The lowest BCUT2D eigenvalue weighted by atomic mass is 10.1. The molecule has 0 spiro atoms. The van der Waals surface area contributed by atoms with E-state index in [0.717, 1.165) is 0 Å². The van der Waals surface area contributed by atoms with E-state index in [2.05, 4.69) is 5.32 Å². The van der Waals surface area contributed by atoms with E-state index in [9.17, 15) is 9.59 Å². The van der Waals surface area contributed by atoms with E-state index < -0.39 is 0 Å². The molecule has 0 aliphatic carbocycles. The summed E-state index contributed by atoms with van der Waals surface area (Å²) in [5, 5.41) is 3.96. The minimum atomic E-state index is -0.343. The van der Waals surface area contributed by atoms with Crippen molar-refractivity contribution in [2.75, 3.05) is 26.6 Å². The number of hydrogen-bond acceptors (Lipinski definition) is 5. The zero-order chi connectivity index (χ0) is 21.1. The maximum atomic E-state index is 13.1. The Labute approximate surface area is 168 Å². The Bertz CT molecular complexity index is 1090. The molecule has 1 heterocycles. The highest BCUT2D eigenvalue weighted by Crippen LogP contribution is 2.40. The molecule has 0 radical (unpaired) electrons. The van der Waals surface area contributed by atoms with Crippen LogP contribution in [0, 0.1) is 0 Å². The smallest absolute Gasteiger partial charge is 0.258 e. The number of ether oxygens (including phenoxy) is 3. The average molecular weight is 396 g/mol. The summed E-state index contributed by atoms with van der Waals surface area (Å²) in [4.78, 5) is 25.9. The molecule has 7 heteroatoms. The van der Waals surface area contributed by atoms with Gasteiger partial charge >= 0.3 is 0 Å². The molecular formula is C22H24N2O5. The zero-order valence-corrected chi connectivity index (χ0v) is 17.1. The van der Waals surface area contributed by atoms with Gasteiger partial charge in [-0.3, -0.25) is 9.59 Å². The third-order valence-corrected chi connectivity index (χ3v) is 4.67. The first kappa shape index (κ1) is 20.3. The lowest BCUT2D eigenvalue weighted by molar-refractivity contribution is 0.102. The lowest BCUT2D eigenvalue weighted by Gasteiger charge is -2.16. The number of methoxy groups -OCH3 is 3. The molecular weight excluding hydrogens is 372 g/mol. The van der Waals surface area contributed by atoms with Gasteiger partial charge in [-0.15, -0.1) is 0 Å². The number of nitrogens with zero attached hydrogens (tertiary/aromatic N) is 1. The highest BCUT2D eigenvalue weighted by atomic mass is 16.5. The number of carbonyl (C=O) groups is 1. The van der Waals surface area contributed by atoms with Crippen LogP contribution < -0.4 is 25.1 Å². The van der Waals surface area contributed by atoms with Crippen LogP contribution in [-0.2, 0) is 0 Å². The number of anilines is 1. The van der Waals surface area contributed by atoms with E-state index in [0.29, 0.717) is 39.3 Å². The number of amides is 1. The summed E-state index contributed by atoms with van der Waals surface area (Å²) in [6.07, 6.45) is 1.60. The van der Waals surface area contributed by atoms with Gasteiger partial charge < -0.3 is 24.1 Å². The average Bonchev–Trinajstić information content (AvgIpc) is 2.72. The lowest BCUT2D eigenvalue weighted by Crippen LogP contribution is -2.25. The highest BCUT2D eigenvalue weighted by molar-refractivity contribution is 6.12. The van der Waals surface area contributed by atoms with Crippen molar-refractivity contribution in [3.8, 4) is 17.2 Å². The standard InChI is InChI=1S/C22H24N2O5/c1-13(2)24-12-17(15-8-6-7-9-16(15)22(24)26)21(25)23-14-10-18(27-3)20(29-5)19(11-14)28-4/h6-13H,1-5H3,(H,23,25). The van der Waals surface area contributed by atoms with Crippen LogP contribution in [0.3, 0.4) is 0 Å². The molecule has 0 fully saturated rings.